The maximum atomic E-state index is 13.5. The van der Waals surface area contributed by atoms with Crippen LogP contribution in [0.1, 0.15) is 31.4 Å². The normalized spacial score (nSPS) is 11.6. The van der Waals surface area contributed by atoms with Gasteiger partial charge in [-0.3, -0.25) is 9.59 Å². The maximum absolute atomic E-state index is 13.5. The largest absolute Gasteiger partial charge is 0.484 e. The van der Waals surface area contributed by atoms with Gasteiger partial charge in [0.15, 0.2) is 6.61 Å². The number of ether oxygens (including phenoxy) is 1. The topological polar surface area (TPSA) is 58.6 Å². The van der Waals surface area contributed by atoms with Crippen LogP contribution in [-0.4, -0.2) is 35.9 Å². The summed E-state index contributed by atoms with van der Waals surface area (Å²) in [5, 5.41) is 3.06. The molecular weight excluding hydrogens is 424 g/mol. The molecule has 2 amide bonds. The number of nitrogens with one attached hydrogen (secondary N) is 1. The van der Waals surface area contributed by atoms with Gasteiger partial charge in [0, 0.05) is 19.5 Å². The lowest BCUT2D eigenvalue weighted by atomic mass is 10.0. The van der Waals surface area contributed by atoms with Crippen molar-refractivity contribution in [3.05, 3.63) is 102 Å². The molecule has 0 heterocycles. The first-order chi connectivity index (χ1) is 16.5. The Morgan fingerprint density at radius 2 is 1.38 bits per heavy atom. The van der Waals surface area contributed by atoms with Crippen molar-refractivity contribution in [2.45, 2.75) is 39.3 Å². The maximum Gasteiger partial charge on any atom is 0.261 e. The van der Waals surface area contributed by atoms with E-state index in [-0.39, 0.29) is 18.4 Å². The minimum atomic E-state index is -0.651. The van der Waals surface area contributed by atoms with E-state index in [0.29, 0.717) is 31.2 Å². The van der Waals surface area contributed by atoms with E-state index < -0.39 is 6.04 Å². The highest BCUT2D eigenvalue weighted by Crippen LogP contribution is 2.16. The first kappa shape index (κ1) is 25.0. The molecule has 1 atom stereocenters. The van der Waals surface area contributed by atoms with Gasteiger partial charge in [-0.25, -0.2) is 0 Å². The molecule has 5 nitrogen and oxygen atoms in total. The van der Waals surface area contributed by atoms with Crippen LogP contribution in [0.5, 0.6) is 5.75 Å². The Hall–Kier alpha value is -3.60. The second kappa shape index (κ2) is 13.2. The molecule has 3 aromatic carbocycles. The Bertz CT molecular complexity index is 1010. The van der Waals surface area contributed by atoms with Gasteiger partial charge in [-0.05, 0) is 35.6 Å². The third-order valence-corrected chi connectivity index (χ3v) is 5.59. The molecule has 5 heteroatoms. The monoisotopic (exact) mass is 458 g/mol. The highest BCUT2D eigenvalue weighted by Gasteiger charge is 2.30. The molecule has 0 aliphatic carbocycles. The Kier molecular flexibility index (Phi) is 9.71. The van der Waals surface area contributed by atoms with E-state index in [1.807, 2.05) is 91.0 Å². The van der Waals surface area contributed by atoms with Gasteiger partial charge in [-0.1, -0.05) is 92.7 Å². The van der Waals surface area contributed by atoms with Gasteiger partial charge < -0.3 is 15.0 Å². The predicted octanol–water partition coefficient (Wildman–Crippen LogP) is 4.87. The molecule has 34 heavy (non-hydrogen) atoms. The molecule has 0 bridgehead atoms. The third kappa shape index (κ3) is 8.07. The first-order valence-corrected chi connectivity index (χ1v) is 11.9. The zero-order chi connectivity index (χ0) is 24.2. The number of hydrogen-bond acceptors (Lipinski definition) is 3. The summed E-state index contributed by atoms with van der Waals surface area (Å²) in [6, 6.07) is 28.2. The molecule has 0 unspecified atom stereocenters. The molecule has 0 fully saturated rings. The van der Waals surface area contributed by atoms with Gasteiger partial charge in [0.2, 0.25) is 5.91 Å². The number of carbonyl (C=O) groups excluding carboxylic acids is 2. The van der Waals surface area contributed by atoms with Crippen molar-refractivity contribution in [3.63, 3.8) is 0 Å². The summed E-state index contributed by atoms with van der Waals surface area (Å²) < 4.78 is 5.76. The van der Waals surface area contributed by atoms with Crippen LogP contribution in [0.4, 0.5) is 0 Å². The zero-order valence-corrected chi connectivity index (χ0v) is 20.0. The molecule has 3 aromatic rings. The van der Waals surface area contributed by atoms with Crippen LogP contribution in [0.25, 0.3) is 0 Å². The van der Waals surface area contributed by atoms with Crippen LogP contribution in [0.3, 0.4) is 0 Å². The zero-order valence-electron chi connectivity index (χ0n) is 20.0. The van der Waals surface area contributed by atoms with Gasteiger partial charge in [-0.15, -0.1) is 0 Å². The van der Waals surface area contributed by atoms with Crippen molar-refractivity contribution in [2.24, 2.45) is 5.92 Å². The number of carbonyl (C=O) groups is 2. The van der Waals surface area contributed by atoms with Crippen molar-refractivity contribution in [1.82, 2.24) is 10.2 Å². The molecule has 0 aromatic heterocycles. The van der Waals surface area contributed by atoms with Crippen LogP contribution in [0, 0.1) is 5.92 Å². The fraction of sp³-hybridized carbons (Fsp3) is 0.310. The lowest BCUT2D eigenvalue weighted by Crippen LogP contribution is -2.52. The summed E-state index contributed by atoms with van der Waals surface area (Å²) in [4.78, 5) is 28.5. The molecule has 1 N–H and O–H groups in total. The van der Waals surface area contributed by atoms with Crippen LogP contribution >= 0.6 is 0 Å². The molecule has 178 valence electrons. The van der Waals surface area contributed by atoms with E-state index in [0.717, 1.165) is 17.5 Å². The van der Waals surface area contributed by atoms with Crippen molar-refractivity contribution in [2.75, 3.05) is 13.2 Å². The first-order valence-electron chi connectivity index (χ1n) is 11.9. The lowest BCUT2D eigenvalue weighted by molar-refractivity contribution is -0.142. The van der Waals surface area contributed by atoms with E-state index in [2.05, 4.69) is 19.2 Å². The standard InChI is InChI=1S/C29H34N2O3/c1-23(2)18-19-30-29(33)27(20-24-12-6-3-7-13-24)31(21-25-14-8-4-9-15-25)28(32)22-34-26-16-10-5-11-17-26/h3-17,23,27H,18-22H2,1-2H3,(H,30,33)/t27-/m0/s1. The number of para-hydroxylation sites is 1. The molecule has 0 aliphatic heterocycles. The Balaban J connectivity index is 1.84. The SMILES string of the molecule is CC(C)CCNC(=O)[C@H](Cc1ccccc1)N(Cc1ccccc1)C(=O)COc1ccccc1. The number of benzene rings is 3. The summed E-state index contributed by atoms with van der Waals surface area (Å²) >= 11 is 0. The van der Waals surface area contributed by atoms with Crippen LogP contribution in [-0.2, 0) is 22.6 Å². The van der Waals surface area contributed by atoms with Crippen molar-refractivity contribution >= 4 is 11.8 Å². The van der Waals surface area contributed by atoms with Gasteiger partial charge in [-0.2, -0.15) is 0 Å². The average molecular weight is 459 g/mol. The molecular formula is C29H34N2O3. The second-order valence-corrected chi connectivity index (χ2v) is 8.79. The van der Waals surface area contributed by atoms with Gasteiger partial charge in [0.25, 0.3) is 5.91 Å². The average Bonchev–Trinajstić information content (AvgIpc) is 2.86. The van der Waals surface area contributed by atoms with Crippen LogP contribution < -0.4 is 10.1 Å². The van der Waals surface area contributed by atoms with Crippen molar-refractivity contribution in [3.8, 4) is 5.75 Å². The number of nitrogens with zero attached hydrogens (tertiary/aromatic N) is 1. The van der Waals surface area contributed by atoms with Gasteiger partial charge >= 0.3 is 0 Å². The Morgan fingerprint density at radius 3 is 1.97 bits per heavy atom. The highest BCUT2D eigenvalue weighted by molar-refractivity contribution is 5.88. The summed E-state index contributed by atoms with van der Waals surface area (Å²) in [5.74, 6) is 0.729. The molecule has 3 rings (SSSR count). The number of rotatable bonds is 12. The van der Waals surface area contributed by atoms with E-state index in [9.17, 15) is 9.59 Å². The second-order valence-electron chi connectivity index (χ2n) is 8.79. The fourth-order valence-electron chi connectivity index (χ4n) is 3.68. The molecule has 0 saturated heterocycles. The summed E-state index contributed by atoms with van der Waals surface area (Å²) in [6.07, 6.45) is 1.31. The molecule has 0 spiro atoms. The summed E-state index contributed by atoms with van der Waals surface area (Å²) in [5.41, 5.74) is 1.96. The minimum Gasteiger partial charge on any atom is -0.484 e. The lowest BCUT2D eigenvalue weighted by Gasteiger charge is -2.31. The van der Waals surface area contributed by atoms with E-state index in [1.165, 1.54) is 0 Å². The quantitative estimate of drug-likeness (QED) is 0.421. The van der Waals surface area contributed by atoms with Crippen molar-refractivity contribution < 1.29 is 14.3 Å². The molecule has 0 saturated carbocycles. The fourth-order valence-corrected chi connectivity index (χ4v) is 3.68. The molecule has 0 aliphatic rings. The van der Waals surface area contributed by atoms with Crippen LogP contribution in [0.2, 0.25) is 0 Å². The van der Waals surface area contributed by atoms with Crippen molar-refractivity contribution in [1.29, 1.82) is 0 Å². The predicted molar refractivity (Wildman–Crippen MR) is 135 cm³/mol. The smallest absolute Gasteiger partial charge is 0.261 e. The summed E-state index contributed by atoms with van der Waals surface area (Å²) in [7, 11) is 0. The van der Waals surface area contributed by atoms with E-state index in [4.69, 9.17) is 4.74 Å². The Morgan fingerprint density at radius 1 is 0.824 bits per heavy atom. The number of hydrogen-bond donors (Lipinski definition) is 1. The number of amides is 2. The highest BCUT2D eigenvalue weighted by atomic mass is 16.5. The van der Waals surface area contributed by atoms with E-state index in [1.54, 1.807) is 4.90 Å². The van der Waals surface area contributed by atoms with Gasteiger partial charge in [0.1, 0.15) is 11.8 Å². The van der Waals surface area contributed by atoms with Gasteiger partial charge in [0.05, 0.1) is 0 Å². The van der Waals surface area contributed by atoms with E-state index >= 15 is 0 Å². The minimum absolute atomic E-state index is 0.137. The van der Waals surface area contributed by atoms with Crippen LogP contribution in [0.15, 0.2) is 91.0 Å². The third-order valence-electron chi connectivity index (χ3n) is 5.59. The Labute approximate surface area is 202 Å². The summed E-state index contributed by atoms with van der Waals surface area (Å²) in [6.45, 7) is 5.02. The molecule has 0 radical (unpaired) electrons.